The van der Waals surface area contributed by atoms with Gasteiger partial charge in [-0.05, 0) is 53.5 Å². The van der Waals surface area contributed by atoms with Crippen molar-refractivity contribution in [2.45, 2.75) is 59.6 Å². The molecular formula is C19H37IN6O2. The van der Waals surface area contributed by atoms with Crippen molar-refractivity contribution in [2.75, 3.05) is 27.2 Å². The van der Waals surface area contributed by atoms with Gasteiger partial charge in [-0.1, -0.05) is 0 Å². The zero-order valence-electron chi connectivity index (χ0n) is 18.7. The van der Waals surface area contributed by atoms with Crippen molar-refractivity contribution in [1.82, 2.24) is 25.3 Å². The van der Waals surface area contributed by atoms with Gasteiger partial charge in [0.25, 0.3) is 0 Å². The Morgan fingerprint density at radius 2 is 1.96 bits per heavy atom. The Kier molecular flexibility index (Phi) is 10.9. The zero-order chi connectivity index (χ0) is 20.8. The lowest BCUT2D eigenvalue weighted by Crippen LogP contribution is -2.46. The number of guanidine groups is 1. The number of carbonyl (C=O) groups is 1. The standard InChI is InChI=1S/C19H36N6O2.HI/c1-13(12-16-14(2)23-25(9)15(16)3)22-17(20-7)21-10-11-24(8)18(26)27-19(4,5)6;/h13H,10-12H2,1-9H3,(H2,20,21,22);1H. The van der Waals surface area contributed by atoms with E-state index in [-0.39, 0.29) is 36.1 Å². The van der Waals surface area contributed by atoms with Crippen LogP contribution < -0.4 is 10.6 Å². The fraction of sp³-hybridized carbons (Fsp3) is 0.737. The SMILES string of the molecule is CN=C(NCCN(C)C(=O)OC(C)(C)C)NC(C)Cc1c(C)nn(C)c1C.I. The van der Waals surface area contributed by atoms with Gasteiger partial charge in [-0.15, -0.1) is 24.0 Å². The molecule has 2 N–H and O–H groups in total. The predicted molar refractivity (Wildman–Crippen MR) is 125 cm³/mol. The highest BCUT2D eigenvalue weighted by molar-refractivity contribution is 14.0. The molecule has 0 fully saturated rings. The summed E-state index contributed by atoms with van der Waals surface area (Å²) in [5, 5.41) is 11.1. The third-order valence-electron chi connectivity index (χ3n) is 4.22. The normalized spacial score (nSPS) is 12.8. The van der Waals surface area contributed by atoms with Crippen LogP contribution in [0, 0.1) is 13.8 Å². The Labute approximate surface area is 186 Å². The van der Waals surface area contributed by atoms with E-state index in [0.29, 0.717) is 19.0 Å². The number of aryl methyl sites for hydroxylation is 2. The average Bonchev–Trinajstić information content (AvgIpc) is 2.78. The van der Waals surface area contributed by atoms with Gasteiger partial charge in [0.1, 0.15) is 5.60 Å². The van der Waals surface area contributed by atoms with E-state index in [2.05, 4.69) is 34.6 Å². The first-order valence-electron chi connectivity index (χ1n) is 9.35. The van der Waals surface area contributed by atoms with Crippen molar-refractivity contribution in [1.29, 1.82) is 0 Å². The highest BCUT2D eigenvalue weighted by Crippen LogP contribution is 2.14. The molecule has 1 aromatic rings. The van der Waals surface area contributed by atoms with E-state index in [0.717, 1.165) is 12.1 Å². The van der Waals surface area contributed by atoms with Crippen molar-refractivity contribution in [2.24, 2.45) is 12.0 Å². The maximum absolute atomic E-state index is 12.0. The number of nitrogens with zero attached hydrogens (tertiary/aromatic N) is 4. The lowest BCUT2D eigenvalue weighted by atomic mass is 10.1. The van der Waals surface area contributed by atoms with Crippen LogP contribution in [0.2, 0.25) is 0 Å². The molecule has 1 unspecified atom stereocenters. The third-order valence-corrected chi connectivity index (χ3v) is 4.22. The Hall–Kier alpha value is -1.52. The number of hydrogen-bond acceptors (Lipinski definition) is 4. The van der Waals surface area contributed by atoms with Crippen LogP contribution >= 0.6 is 24.0 Å². The molecule has 1 atom stereocenters. The Morgan fingerprint density at radius 3 is 2.43 bits per heavy atom. The summed E-state index contributed by atoms with van der Waals surface area (Å²) in [5.74, 6) is 0.708. The minimum absolute atomic E-state index is 0. The summed E-state index contributed by atoms with van der Waals surface area (Å²) in [5.41, 5.74) is 3.01. The zero-order valence-corrected chi connectivity index (χ0v) is 21.0. The Bertz CT molecular complexity index is 666. The van der Waals surface area contributed by atoms with Crippen molar-refractivity contribution in [3.8, 4) is 0 Å². The van der Waals surface area contributed by atoms with Crippen molar-refractivity contribution in [3.05, 3.63) is 17.0 Å². The Morgan fingerprint density at radius 1 is 1.36 bits per heavy atom. The molecule has 162 valence electrons. The van der Waals surface area contributed by atoms with Crippen molar-refractivity contribution >= 4 is 36.0 Å². The van der Waals surface area contributed by atoms with Gasteiger partial charge >= 0.3 is 6.09 Å². The van der Waals surface area contributed by atoms with Crippen LogP contribution in [0.4, 0.5) is 4.79 Å². The van der Waals surface area contributed by atoms with E-state index in [1.807, 2.05) is 39.4 Å². The molecule has 0 bridgehead atoms. The van der Waals surface area contributed by atoms with Gasteiger partial charge < -0.3 is 20.3 Å². The molecule has 1 aromatic heterocycles. The average molecular weight is 508 g/mol. The number of likely N-dealkylation sites (N-methyl/N-ethyl adjacent to an activating group) is 1. The predicted octanol–water partition coefficient (Wildman–Crippen LogP) is 2.62. The quantitative estimate of drug-likeness (QED) is 0.351. The molecule has 0 aliphatic carbocycles. The maximum Gasteiger partial charge on any atom is 0.410 e. The minimum atomic E-state index is -0.492. The minimum Gasteiger partial charge on any atom is -0.444 e. The van der Waals surface area contributed by atoms with Gasteiger partial charge in [-0.25, -0.2) is 4.79 Å². The smallest absolute Gasteiger partial charge is 0.410 e. The number of carbonyl (C=O) groups excluding carboxylic acids is 1. The number of aliphatic imine (C=N–C) groups is 1. The van der Waals surface area contributed by atoms with E-state index in [4.69, 9.17) is 4.74 Å². The molecule has 28 heavy (non-hydrogen) atoms. The van der Waals surface area contributed by atoms with Crippen LogP contribution in [0.5, 0.6) is 0 Å². The molecule has 8 nitrogen and oxygen atoms in total. The topological polar surface area (TPSA) is 83.8 Å². The van der Waals surface area contributed by atoms with Gasteiger partial charge in [-0.3, -0.25) is 9.67 Å². The first kappa shape index (κ1) is 26.5. The summed E-state index contributed by atoms with van der Waals surface area (Å²) in [6.07, 6.45) is 0.535. The summed E-state index contributed by atoms with van der Waals surface area (Å²) < 4.78 is 7.26. The number of amides is 1. The van der Waals surface area contributed by atoms with Crippen molar-refractivity contribution < 1.29 is 9.53 Å². The molecule has 1 rings (SSSR count). The maximum atomic E-state index is 12.0. The van der Waals surface area contributed by atoms with Gasteiger partial charge in [0.05, 0.1) is 5.69 Å². The molecule has 0 spiro atoms. The third kappa shape index (κ3) is 8.66. The second-order valence-electron chi connectivity index (χ2n) is 7.92. The van der Waals surface area contributed by atoms with E-state index < -0.39 is 5.60 Å². The van der Waals surface area contributed by atoms with Gasteiger partial charge in [0.2, 0.25) is 0 Å². The summed E-state index contributed by atoms with van der Waals surface area (Å²) in [6.45, 7) is 12.9. The number of halogens is 1. The van der Waals surface area contributed by atoms with E-state index in [1.54, 1.807) is 19.0 Å². The molecule has 1 heterocycles. The van der Waals surface area contributed by atoms with Gasteiger partial charge in [0.15, 0.2) is 5.96 Å². The molecule has 0 saturated heterocycles. The summed E-state index contributed by atoms with van der Waals surface area (Å²) in [6, 6.07) is 0.196. The number of aromatic nitrogens is 2. The first-order valence-corrected chi connectivity index (χ1v) is 9.35. The largest absolute Gasteiger partial charge is 0.444 e. The van der Waals surface area contributed by atoms with E-state index >= 15 is 0 Å². The fourth-order valence-corrected chi connectivity index (χ4v) is 2.67. The lowest BCUT2D eigenvalue weighted by Gasteiger charge is -2.25. The molecule has 9 heteroatoms. The second kappa shape index (κ2) is 11.5. The monoisotopic (exact) mass is 508 g/mol. The van der Waals surface area contributed by atoms with Crippen LogP contribution in [-0.2, 0) is 18.2 Å². The number of nitrogens with one attached hydrogen (secondary N) is 2. The molecule has 0 aliphatic heterocycles. The first-order chi connectivity index (χ1) is 12.4. The van der Waals surface area contributed by atoms with Crippen LogP contribution in [0.25, 0.3) is 0 Å². The van der Waals surface area contributed by atoms with Crippen LogP contribution in [0.1, 0.15) is 44.6 Å². The van der Waals surface area contributed by atoms with Crippen LogP contribution in [-0.4, -0.2) is 65.6 Å². The van der Waals surface area contributed by atoms with Crippen molar-refractivity contribution in [3.63, 3.8) is 0 Å². The molecule has 0 aromatic carbocycles. The van der Waals surface area contributed by atoms with E-state index in [1.165, 1.54) is 11.3 Å². The molecule has 0 radical (unpaired) electrons. The second-order valence-corrected chi connectivity index (χ2v) is 7.92. The molecule has 1 amide bonds. The molecule has 0 aliphatic rings. The summed E-state index contributed by atoms with van der Waals surface area (Å²) >= 11 is 0. The van der Waals surface area contributed by atoms with Gasteiger partial charge in [0, 0.05) is 46.0 Å². The van der Waals surface area contributed by atoms with Crippen LogP contribution in [0.3, 0.4) is 0 Å². The highest BCUT2D eigenvalue weighted by atomic mass is 127. The number of hydrogen-bond donors (Lipinski definition) is 2. The number of rotatable bonds is 6. The number of ether oxygens (including phenoxy) is 1. The molecular weight excluding hydrogens is 471 g/mol. The fourth-order valence-electron chi connectivity index (χ4n) is 2.67. The summed E-state index contributed by atoms with van der Waals surface area (Å²) in [4.78, 5) is 17.8. The summed E-state index contributed by atoms with van der Waals surface area (Å²) in [7, 11) is 5.42. The Balaban J connectivity index is 0.00000729. The highest BCUT2D eigenvalue weighted by Gasteiger charge is 2.19. The lowest BCUT2D eigenvalue weighted by molar-refractivity contribution is 0.0302. The van der Waals surface area contributed by atoms with Crippen LogP contribution in [0.15, 0.2) is 4.99 Å². The van der Waals surface area contributed by atoms with E-state index in [9.17, 15) is 4.79 Å². The molecule has 0 saturated carbocycles. The van der Waals surface area contributed by atoms with Gasteiger partial charge in [-0.2, -0.15) is 5.10 Å².